The molecular weight excluding hydrogens is 366 g/mol. The average Bonchev–Trinajstić information content (AvgIpc) is 2.70. The second kappa shape index (κ2) is 24.3. The van der Waals surface area contributed by atoms with Crippen molar-refractivity contribution in [1.82, 2.24) is 0 Å². The number of nitrogens with two attached hydrogens (primary N) is 1. The van der Waals surface area contributed by atoms with Crippen LogP contribution in [-0.2, 0) is 33.2 Å². The summed E-state index contributed by atoms with van der Waals surface area (Å²) in [4.78, 5) is 11.5. The van der Waals surface area contributed by atoms with Crippen molar-refractivity contribution >= 4 is 5.97 Å². The fourth-order valence-electron chi connectivity index (χ4n) is 2.22. The molecule has 0 spiro atoms. The molecule has 168 valence electrons. The summed E-state index contributed by atoms with van der Waals surface area (Å²) < 4.78 is 31.8. The van der Waals surface area contributed by atoms with Crippen LogP contribution in [0, 0.1) is 0 Å². The molecule has 2 N–H and O–H groups in total. The van der Waals surface area contributed by atoms with Gasteiger partial charge in [0.25, 0.3) is 0 Å². The Kier molecular flexibility index (Phi) is 23.6. The minimum atomic E-state index is -0.138. The topological polar surface area (TPSA) is 98.5 Å². The number of carbonyl (C=O) groups is 1. The van der Waals surface area contributed by atoms with Gasteiger partial charge in [0.05, 0.1) is 66.1 Å². The van der Waals surface area contributed by atoms with Crippen LogP contribution in [-0.4, -0.2) is 85.2 Å². The Morgan fingerprint density at radius 2 is 1.04 bits per heavy atom. The molecule has 0 aromatic heterocycles. The lowest BCUT2D eigenvalue weighted by Crippen LogP contribution is -2.15. The first kappa shape index (κ1) is 27.2. The van der Waals surface area contributed by atoms with E-state index in [9.17, 15) is 4.79 Å². The van der Waals surface area contributed by atoms with E-state index >= 15 is 0 Å². The van der Waals surface area contributed by atoms with Crippen LogP contribution in [0.25, 0.3) is 0 Å². The highest BCUT2D eigenvalue weighted by Gasteiger charge is 2.02. The molecule has 0 saturated carbocycles. The zero-order valence-corrected chi connectivity index (χ0v) is 17.7. The predicted octanol–water partition coefficient (Wildman–Crippen LogP) is 1.93. The molecule has 0 aliphatic rings. The maximum Gasteiger partial charge on any atom is 0.305 e. The largest absolute Gasteiger partial charge is 0.463 e. The first-order valence-corrected chi connectivity index (χ1v) is 10.6. The Bertz CT molecular complexity index is 319. The number of rotatable bonds is 23. The Morgan fingerprint density at radius 3 is 1.50 bits per heavy atom. The van der Waals surface area contributed by atoms with Crippen LogP contribution in [0.15, 0.2) is 0 Å². The second-order valence-electron chi connectivity index (χ2n) is 6.24. The highest BCUT2D eigenvalue weighted by molar-refractivity contribution is 5.69. The Labute approximate surface area is 170 Å². The highest BCUT2D eigenvalue weighted by atomic mass is 16.6. The minimum absolute atomic E-state index is 0.138. The average molecular weight is 408 g/mol. The third-order valence-electron chi connectivity index (χ3n) is 3.73. The van der Waals surface area contributed by atoms with Gasteiger partial charge in [0.15, 0.2) is 0 Å². The van der Waals surface area contributed by atoms with Crippen LogP contribution < -0.4 is 5.73 Å². The van der Waals surface area contributed by atoms with Crippen molar-refractivity contribution in [3.8, 4) is 0 Å². The third kappa shape index (κ3) is 23.3. The van der Waals surface area contributed by atoms with E-state index in [-0.39, 0.29) is 5.97 Å². The monoisotopic (exact) mass is 407 g/mol. The molecule has 8 heteroatoms. The zero-order valence-electron chi connectivity index (χ0n) is 17.7. The van der Waals surface area contributed by atoms with Gasteiger partial charge in [-0.3, -0.25) is 4.79 Å². The fraction of sp³-hybridized carbons (Fsp3) is 0.950. The lowest BCUT2D eigenvalue weighted by molar-refractivity contribution is -0.145. The summed E-state index contributed by atoms with van der Waals surface area (Å²) in [6.07, 6.45) is 6.14. The van der Waals surface area contributed by atoms with Crippen molar-refractivity contribution in [3.05, 3.63) is 0 Å². The van der Waals surface area contributed by atoms with Crippen molar-refractivity contribution in [3.63, 3.8) is 0 Å². The maximum absolute atomic E-state index is 11.5. The molecular formula is C20H41NO7. The van der Waals surface area contributed by atoms with E-state index in [1.807, 2.05) is 0 Å². The number of ether oxygens (including phenoxy) is 6. The molecule has 0 heterocycles. The van der Waals surface area contributed by atoms with E-state index in [0.29, 0.717) is 85.6 Å². The van der Waals surface area contributed by atoms with Crippen molar-refractivity contribution < 1.29 is 33.2 Å². The van der Waals surface area contributed by atoms with E-state index in [4.69, 9.17) is 34.2 Å². The Balaban J connectivity index is 3.09. The van der Waals surface area contributed by atoms with Crippen molar-refractivity contribution in [2.24, 2.45) is 5.73 Å². The first-order valence-electron chi connectivity index (χ1n) is 10.6. The normalized spacial score (nSPS) is 11.1. The number of esters is 1. The van der Waals surface area contributed by atoms with Crippen molar-refractivity contribution in [2.45, 2.75) is 45.4 Å². The molecule has 0 aromatic rings. The smallest absolute Gasteiger partial charge is 0.305 e. The van der Waals surface area contributed by atoms with E-state index in [2.05, 4.69) is 6.92 Å². The summed E-state index contributed by atoms with van der Waals surface area (Å²) in [5.74, 6) is -0.138. The van der Waals surface area contributed by atoms with E-state index in [0.717, 1.165) is 12.8 Å². The summed E-state index contributed by atoms with van der Waals surface area (Å²) in [7, 11) is 0. The minimum Gasteiger partial charge on any atom is -0.463 e. The van der Waals surface area contributed by atoms with E-state index in [1.54, 1.807) is 0 Å². The molecule has 0 radical (unpaired) electrons. The summed E-state index contributed by atoms with van der Waals surface area (Å²) in [5, 5.41) is 0. The van der Waals surface area contributed by atoms with Crippen LogP contribution in [0.3, 0.4) is 0 Å². The molecule has 0 saturated heterocycles. The molecule has 0 rings (SSSR count). The van der Waals surface area contributed by atoms with Crippen LogP contribution in [0.5, 0.6) is 0 Å². The second-order valence-corrected chi connectivity index (χ2v) is 6.24. The van der Waals surface area contributed by atoms with Gasteiger partial charge in [-0.1, -0.05) is 32.6 Å². The first-order chi connectivity index (χ1) is 13.8. The molecule has 0 fully saturated rings. The van der Waals surface area contributed by atoms with Gasteiger partial charge in [-0.2, -0.15) is 0 Å². The molecule has 0 atom stereocenters. The standard InChI is InChI=1S/C20H41NO7/c1-2-3-4-5-6-7-20(22)28-19-18-27-17-16-26-15-14-25-13-12-24-11-10-23-9-8-21/h2-19,21H2,1H3. The van der Waals surface area contributed by atoms with Gasteiger partial charge in [0, 0.05) is 13.0 Å². The number of carbonyl (C=O) groups excluding carboxylic acids is 1. The number of unbranched alkanes of at least 4 members (excludes halogenated alkanes) is 4. The van der Waals surface area contributed by atoms with Gasteiger partial charge in [-0.25, -0.2) is 0 Å². The van der Waals surface area contributed by atoms with Gasteiger partial charge in [-0.05, 0) is 6.42 Å². The number of hydrogen-bond acceptors (Lipinski definition) is 8. The lowest BCUT2D eigenvalue weighted by atomic mass is 10.1. The summed E-state index contributed by atoms with van der Waals surface area (Å²) in [5.41, 5.74) is 5.30. The van der Waals surface area contributed by atoms with Crippen molar-refractivity contribution in [1.29, 1.82) is 0 Å². The van der Waals surface area contributed by atoms with E-state index in [1.165, 1.54) is 19.3 Å². The van der Waals surface area contributed by atoms with Crippen molar-refractivity contribution in [2.75, 3.05) is 79.2 Å². The molecule has 0 bridgehead atoms. The number of hydrogen-bond donors (Lipinski definition) is 1. The van der Waals surface area contributed by atoms with Crippen LogP contribution in [0.1, 0.15) is 45.4 Å². The molecule has 28 heavy (non-hydrogen) atoms. The van der Waals surface area contributed by atoms with Crippen LogP contribution in [0.4, 0.5) is 0 Å². The molecule has 0 aromatic carbocycles. The Hall–Kier alpha value is -0.770. The summed E-state index contributed by atoms with van der Waals surface area (Å²) >= 11 is 0. The van der Waals surface area contributed by atoms with Gasteiger partial charge < -0.3 is 34.2 Å². The fourth-order valence-corrected chi connectivity index (χ4v) is 2.22. The van der Waals surface area contributed by atoms with Gasteiger partial charge in [0.1, 0.15) is 6.61 Å². The summed E-state index contributed by atoms with van der Waals surface area (Å²) in [6, 6.07) is 0. The van der Waals surface area contributed by atoms with Crippen LogP contribution >= 0.6 is 0 Å². The van der Waals surface area contributed by atoms with Crippen LogP contribution in [0.2, 0.25) is 0 Å². The lowest BCUT2D eigenvalue weighted by Gasteiger charge is -2.08. The summed E-state index contributed by atoms with van der Waals surface area (Å²) in [6.45, 7) is 8.11. The third-order valence-corrected chi connectivity index (χ3v) is 3.73. The van der Waals surface area contributed by atoms with Gasteiger partial charge in [-0.15, -0.1) is 0 Å². The predicted molar refractivity (Wildman–Crippen MR) is 107 cm³/mol. The zero-order chi connectivity index (χ0) is 20.5. The molecule has 0 amide bonds. The quantitative estimate of drug-likeness (QED) is 0.203. The van der Waals surface area contributed by atoms with Gasteiger partial charge in [0.2, 0.25) is 0 Å². The Morgan fingerprint density at radius 1 is 0.607 bits per heavy atom. The molecule has 0 aliphatic carbocycles. The highest BCUT2D eigenvalue weighted by Crippen LogP contribution is 2.05. The SMILES string of the molecule is CCCCCCCC(=O)OCCOCCOCCOCCOCCOCCN. The molecule has 0 aliphatic heterocycles. The molecule has 0 unspecified atom stereocenters. The maximum atomic E-state index is 11.5. The molecule has 8 nitrogen and oxygen atoms in total. The van der Waals surface area contributed by atoms with E-state index < -0.39 is 0 Å². The van der Waals surface area contributed by atoms with Gasteiger partial charge >= 0.3 is 5.97 Å².